The third kappa shape index (κ3) is 3.98. The molecule has 15 heavy (non-hydrogen) atoms. The first kappa shape index (κ1) is 12.1. The molecule has 0 radical (unpaired) electrons. The van der Waals surface area contributed by atoms with Gasteiger partial charge in [0.1, 0.15) is 5.82 Å². The fourth-order valence-electron chi connectivity index (χ4n) is 1.52. The second kappa shape index (κ2) is 5.83. The van der Waals surface area contributed by atoms with Crippen LogP contribution in [-0.4, -0.2) is 19.8 Å². The molecule has 0 aliphatic heterocycles. The predicted molar refractivity (Wildman–Crippen MR) is 59.1 cm³/mol. The lowest BCUT2D eigenvalue weighted by Gasteiger charge is -2.19. The van der Waals surface area contributed by atoms with E-state index in [0.29, 0.717) is 13.0 Å². The second-order valence-corrected chi connectivity index (χ2v) is 3.93. The summed E-state index contributed by atoms with van der Waals surface area (Å²) in [5, 5.41) is 0. The van der Waals surface area contributed by atoms with Crippen molar-refractivity contribution >= 4 is 0 Å². The Morgan fingerprint density at radius 3 is 2.80 bits per heavy atom. The Bertz CT molecular complexity index is 303. The summed E-state index contributed by atoms with van der Waals surface area (Å²) in [7, 11) is 1.66. The summed E-state index contributed by atoms with van der Waals surface area (Å²) in [6.45, 7) is 2.67. The van der Waals surface area contributed by atoms with E-state index in [1.165, 1.54) is 12.1 Å². The molecular formula is C12H18FNO. The molecule has 1 aromatic carbocycles. The van der Waals surface area contributed by atoms with Crippen LogP contribution in [0.15, 0.2) is 24.3 Å². The molecule has 2 unspecified atom stereocenters. The summed E-state index contributed by atoms with van der Waals surface area (Å²) in [5.41, 5.74) is 6.92. The van der Waals surface area contributed by atoms with Gasteiger partial charge in [-0.3, -0.25) is 0 Å². The van der Waals surface area contributed by atoms with Crippen LogP contribution >= 0.6 is 0 Å². The average molecular weight is 211 g/mol. The fraction of sp³-hybridized carbons (Fsp3) is 0.500. The van der Waals surface area contributed by atoms with Crippen LogP contribution < -0.4 is 5.73 Å². The Labute approximate surface area is 90.2 Å². The molecule has 1 rings (SSSR count). The first-order valence-corrected chi connectivity index (χ1v) is 5.12. The van der Waals surface area contributed by atoms with Crippen LogP contribution in [0.2, 0.25) is 0 Å². The zero-order valence-corrected chi connectivity index (χ0v) is 9.24. The molecule has 0 bridgehead atoms. The van der Waals surface area contributed by atoms with Crippen LogP contribution in [0.4, 0.5) is 4.39 Å². The van der Waals surface area contributed by atoms with E-state index in [1.807, 2.05) is 13.0 Å². The lowest BCUT2D eigenvalue weighted by molar-refractivity contribution is 0.147. The van der Waals surface area contributed by atoms with Crippen LogP contribution in [0, 0.1) is 11.7 Å². The Kier molecular flexibility index (Phi) is 4.72. The quantitative estimate of drug-likeness (QED) is 0.808. The number of nitrogens with two attached hydrogens (primary N) is 1. The van der Waals surface area contributed by atoms with Crippen LogP contribution in [0.3, 0.4) is 0 Å². The molecule has 1 aromatic rings. The molecule has 2 atom stereocenters. The van der Waals surface area contributed by atoms with Crippen molar-refractivity contribution in [3.63, 3.8) is 0 Å². The number of hydrogen-bond acceptors (Lipinski definition) is 2. The fourth-order valence-corrected chi connectivity index (χ4v) is 1.52. The van der Waals surface area contributed by atoms with E-state index in [1.54, 1.807) is 13.2 Å². The highest BCUT2D eigenvalue weighted by molar-refractivity contribution is 5.17. The smallest absolute Gasteiger partial charge is 0.123 e. The van der Waals surface area contributed by atoms with Gasteiger partial charge in [0, 0.05) is 13.2 Å². The largest absolute Gasteiger partial charge is 0.384 e. The van der Waals surface area contributed by atoms with E-state index in [2.05, 4.69) is 0 Å². The number of methoxy groups -OCH3 is 1. The number of halogens is 1. The van der Waals surface area contributed by atoms with Crippen LogP contribution in [0.25, 0.3) is 0 Å². The van der Waals surface area contributed by atoms with Crippen LogP contribution in [-0.2, 0) is 11.2 Å². The molecule has 3 heteroatoms. The summed E-state index contributed by atoms with van der Waals surface area (Å²) in [6, 6.07) is 6.57. The van der Waals surface area contributed by atoms with Gasteiger partial charge in [-0.25, -0.2) is 4.39 Å². The van der Waals surface area contributed by atoms with Gasteiger partial charge in [0.05, 0.1) is 6.61 Å². The van der Waals surface area contributed by atoms with Gasteiger partial charge in [-0.15, -0.1) is 0 Å². The minimum absolute atomic E-state index is 0.00625. The van der Waals surface area contributed by atoms with Crippen molar-refractivity contribution in [2.45, 2.75) is 19.4 Å². The molecule has 0 spiro atoms. The molecule has 0 aromatic heterocycles. The third-order valence-electron chi connectivity index (χ3n) is 2.52. The molecule has 2 N–H and O–H groups in total. The number of hydrogen-bond donors (Lipinski definition) is 1. The standard InChI is InChI=1S/C12H18FNO/c1-9(8-15-2)12(14)7-10-4-3-5-11(13)6-10/h3-6,9,12H,7-8,14H2,1-2H3. The maximum atomic E-state index is 12.9. The topological polar surface area (TPSA) is 35.2 Å². The average Bonchev–Trinajstić information content (AvgIpc) is 2.18. The molecule has 0 saturated heterocycles. The molecule has 0 saturated carbocycles. The second-order valence-electron chi connectivity index (χ2n) is 3.93. The van der Waals surface area contributed by atoms with Gasteiger partial charge in [0.25, 0.3) is 0 Å². The molecule has 0 amide bonds. The monoisotopic (exact) mass is 211 g/mol. The summed E-state index contributed by atoms with van der Waals surface area (Å²) in [6.07, 6.45) is 0.683. The summed E-state index contributed by atoms with van der Waals surface area (Å²) < 4.78 is 17.9. The molecule has 0 aliphatic rings. The maximum absolute atomic E-state index is 12.9. The molecule has 0 aliphatic carbocycles. The van der Waals surface area contributed by atoms with Crippen molar-refractivity contribution in [3.8, 4) is 0 Å². The van der Waals surface area contributed by atoms with Crippen LogP contribution in [0.1, 0.15) is 12.5 Å². The van der Waals surface area contributed by atoms with E-state index < -0.39 is 0 Å². The van der Waals surface area contributed by atoms with Crippen molar-refractivity contribution in [2.24, 2.45) is 11.7 Å². The van der Waals surface area contributed by atoms with Gasteiger partial charge in [-0.1, -0.05) is 19.1 Å². The summed E-state index contributed by atoms with van der Waals surface area (Å²) >= 11 is 0. The van der Waals surface area contributed by atoms with Gasteiger partial charge < -0.3 is 10.5 Å². The zero-order chi connectivity index (χ0) is 11.3. The lowest BCUT2D eigenvalue weighted by atomic mass is 9.96. The molecular weight excluding hydrogens is 193 g/mol. The first-order chi connectivity index (χ1) is 7.13. The zero-order valence-electron chi connectivity index (χ0n) is 9.24. The first-order valence-electron chi connectivity index (χ1n) is 5.12. The normalized spacial score (nSPS) is 14.9. The maximum Gasteiger partial charge on any atom is 0.123 e. The van der Waals surface area contributed by atoms with E-state index in [-0.39, 0.29) is 17.8 Å². The number of benzene rings is 1. The Hall–Kier alpha value is -0.930. The predicted octanol–water partition coefficient (Wildman–Crippen LogP) is 1.98. The van der Waals surface area contributed by atoms with Gasteiger partial charge in [-0.2, -0.15) is 0 Å². The van der Waals surface area contributed by atoms with Crippen molar-refractivity contribution in [1.29, 1.82) is 0 Å². The third-order valence-corrected chi connectivity index (χ3v) is 2.52. The molecule has 0 fully saturated rings. The minimum Gasteiger partial charge on any atom is -0.384 e. The van der Waals surface area contributed by atoms with Gasteiger partial charge >= 0.3 is 0 Å². The van der Waals surface area contributed by atoms with E-state index in [0.717, 1.165) is 5.56 Å². The van der Waals surface area contributed by atoms with E-state index >= 15 is 0 Å². The number of ether oxygens (including phenoxy) is 1. The Morgan fingerprint density at radius 2 is 2.20 bits per heavy atom. The highest BCUT2D eigenvalue weighted by atomic mass is 19.1. The van der Waals surface area contributed by atoms with E-state index in [9.17, 15) is 4.39 Å². The lowest BCUT2D eigenvalue weighted by Crippen LogP contribution is -2.33. The Morgan fingerprint density at radius 1 is 1.47 bits per heavy atom. The van der Waals surface area contributed by atoms with Gasteiger partial charge in [0.15, 0.2) is 0 Å². The molecule has 0 heterocycles. The van der Waals surface area contributed by atoms with Gasteiger partial charge in [-0.05, 0) is 30.0 Å². The van der Waals surface area contributed by atoms with Crippen molar-refractivity contribution in [1.82, 2.24) is 0 Å². The molecule has 84 valence electrons. The van der Waals surface area contributed by atoms with Crippen molar-refractivity contribution in [3.05, 3.63) is 35.6 Å². The van der Waals surface area contributed by atoms with Gasteiger partial charge in [0.2, 0.25) is 0 Å². The highest BCUT2D eigenvalue weighted by Gasteiger charge is 2.13. The Balaban J connectivity index is 2.54. The number of rotatable bonds is 5. The molecule has 2 nitrogen and oxygen atoms in total. The SMILES string of the molecule is COCC(C)C(N)Cc1cccc(F)c1. The summed E-state index contributed by atoms with van der Waals surface area (Å²) in [4.78, 5) is 0. The van der Waals surface area contributed by atoms with Crippen molar-refractivity contribution < 1.29 is 9.13 Å². The minimum atomic E-state index is -0.209. The van der Waals surface area contributed by atoms with Crippen molar-refractivity contribution in [2.75, 3.05) is 13.7 Å². The summed E-state index contributed by atoms with van der Waals surface area (Å²) in [5.74, 6) is 0.0670. The van der Waals surface area contributed by atoms with E-state index in [4.69, 9.17) is 10.5 Å². The highest BCUT2D eigenvalue weighted by Crippen LogP contribution is 2.10. The van der Waals surface area contributed by atoms with Crippen LogP contribution in [0.5, 0.6) is 0 Å².